The number of nitrogens with one attached hydrogen (secondary N) is 2. The molecule has 2 heterocycles. The molecule has 29 heavy (non-hydrogen) atoms. The minimum absolute atomic E-state index is 0. The third kappa shape index (κ3) is 4.90. The number of guanidine groups is 1. The molecule has 0 radical (unpaired) electrons. The molecule has 1 aromatic rings. The van der Waals surface area contributed by atoms with Gasteiger partial charge >= 0.3 is 0 Å². The summed E-state index contributed by atoms with van der Waals surface area (Å²) >= 11 is 0. The van der Waals surface area contributed by atoms with Crippen molar-refractivity contribution in [1.82, 2.24) is 15.5 Å². The van der Waals surface area contributed by atoms with Crippen molar-refractivity contribution in [2.45, 2.75) is 51.0 Å². The highest BCUT2D eigenvalue weighted by Gasteiger charge is 2.45. The molecule has 2 fully saturated rings. The van der Waals surface area contributed by atoms with E-state index in [1.54, 1.807) is 0 Å². The first-order chi connectivity index (χ1) is 13.6. The summed E-state index contributed by atoms with van der Waals surface area (Å²) < 4.78 is 11.0. The van der Waals surface area contributed by atoms with Crippen LogP contribution >= 0.6 is 24.0 Å². The molecular weight excluding hydrogens is 483 g/mol. The van der Waals surface area contributed by atoms with Crippen molar-refractivity contribution in [2.24, 2.45) is 4.99 Å². The lowest BCUT2D eigenvalue weighted by molar-refractivity contribution is -0.129. The Labute approximate surface area is 189 Å². The largest absolute Gasteiger partial charge is 0.454 e. The zero-order valence-electron chi connectivity index (χ0n) is 17.2. The van der Waals surface area contributed by atoms with Gasteiger partial charge in [-0.1, -0.05) is 13.0 Å². The van der Waals surface area contributed by atoms with E-state index in [2.05, 4.69) is 29.7 Å². The Morgan fingerprint density at radius 3 is 2.79 bits per heavy atom. The molecule has 1 atom stereocenters. The molecule has 1 amide bonds. The van der Waals surface area contributed by atoms with Crippen molar-refractivity contribution in [2.75, 3.05) is 33.0 Å². The third-order valence-corrected chi connectivity index (χ3v) is 5.91. The second-order valence-electron chi connectivity index (χ2n) is 7.87. The molecule has 0 spiro atoms. The summed E-state index contributed by atoms with van der Waals surface area (Å²) in [7, 11) is 0. The van der Waals surface area contributed by atoms with Crippen LogP contribution in [0.25, 0.3) is 0 Å². The van der Waals surface area contributed by atoms with Crippen molar-refractivity contribution < 1.29 is 14.3 Å². The lowest BCUT2D eigenvalue weighted by atomic mass is 9.96. The molecular formula is C21H31IN4O3. The lowest BCUT2D eigenvalue weighted by Crippen LogP contribution is -2.45. The van der Waals surface area contributed by atoms with Crippen LogP contribution in [0.5, 0.6) is 11.5 Å². The van der Waals surface area contributed by atoms with E-state index in [0.29, 0.717) is 13.2 Å². The quantitative estimate of drug-likeness (QED) is 0.347. The number of carbonyl (C=O) groups excluding carboxylic acids is 1. The van der Waals surface area contributed by atoms with Gasteiger partial charge in [-0.3, -0.25) is 9.79 Å². The van der Waals surface area contributed by atoms with Gasteiger partial charge in [-0.25, -0.2) is 0 Å². The molecule has 160 valence electrons. The Balaban J connectivity index is 0.00000240. The molecule has 1 aliphatic carbocycles. The van der Waals surface area contributed by atoms with E-state index >= 15 is 0 Å². The van der Waals surface area contributed by atoms with E-state index in [9.17, 15) is 4.79 Å². The predicted octanol–water partition coefficient (Wildman–Crippen LogP) is 2.63. The summed E-state index contributed by atoms with van der Waals surface area (Å²) in [5, 5.41) is 6.87. The van der Waals surface area contributed by atoms with E-state index < -0.39 is 0 Å². The van der Waals surface area contributed by atoms with Gasteiger partial charge in [0.2, 0.25) is 12.7 Å². The van der Waals surface area contributed by atoms with E-state index in [0.717, 1.165) is 62.9 Å². The predicted molar refractivity (Wildman–Crippen MR) is 123 cm³/mol. The highest BCUT2D eigenvalue weighted by molar-refractivity contribution is 14.0. The number of carbonyl (C=O) groups is 1. The fourth-order valence-electron chi connectivity index (χ4n) is 3.99. The summed E-state index contributed by atoms with van der Waals surface area (Å²) in [4.78, 5) is 18.7. The van der Waals surface area contributed by atoms with Crippen LogP contribution in [0, 0.1) is 0 Å². The summed E-state index contributed by atoms with van der Waals surface area (Å²) in [6, 6.07) is 6.51. The molecule has 3 aliphatic rings. The standard InChI is InChI=1S/C21H30N4O3.HI/c1-3-19(26)25-10-7-16(12-25)24-20(22-4-2)23-13-21(8-9-21)15-5-6-17-18(11-15)28-14-27-17;/h5-6,11,16H,3-4,7-10,12-14H2,1-2H3,(H2,22,23,24);1H. The second-order valence-corrected chi connectivity index (χ2v) is 7.87. The maximum absolute atomic E-state index is 11.9. The lowest BCUT2D eigenvalue weighted by Gasteiger charge is -2.20. The number of hydrogen-bond donors (Lipinski definition) is 2. The Kier molecular flexibility index (Phi) is 7.13. The van der Waals surface area contributed by atoms with Crippen LogP contribution in [0.2, 0.25) is 0 Å². The van der Waals surface area contributed by atoms with Gasteiger partial charge in [0.1, 0.15) is 0 Å². The van der Waals surface area contributed by atoms with E-state index in [4.69, 9.17) is 14.5 Å². The average Bonchev–Trinajstić information content (AvgIpc) is 3.13. The van der Waals surface area contributed by atoms with E-state index in [-0.39, 0.29) is 41.3 Å². The summed E-state index contributed by atoms with van der Waals surface area (Å²) in [5.74, 6) is 2.73. The van der Waals surface area contributed by atoms with Crippen molar-refractivity contribution >= 4 is 35.8 Å². The van der Waals surface area contributed by atoms with Crippen LogP contribution in [-0.2, 0) is 10.2 Å². The normalized spacial score (nSPS) is 21.5. The molecule has 0 aromatic heterocycles. The van der Waals surface area contributed by atoms with Crippen molar-refractivity contribution in [3.8, 4) is 11.5 Å². The maximum atomic E-state index is 11.9. The molecule has 0 bridgehead atoms. The fourth-order valence-corrected chi connectivity index (χ4v) is 3.99. The molecule has 1 unspecified atom stereocenters. The Morgan fingerprint density at radius 1 is 1.28 bits per heavy atom. The molecule has 2 N–H and O–H groups in total. The van der Waals surface area contributed by atoms with Gasteiger partial charge in [0.25, 0.3) is 0 Å². The van der Waals surface area contributed by atoms with Crippen LogP contribution < -0.4 is 20.1 Å². The Hall–Kier alpha value is -1.71. The number of amides is 1. The number of likely N-dealkylation sites (tertiary alicyclic amines) is 1. The number of aliphatic imine (C=N–C) groups is 1. The molecule has 1 saturated carbocycles. The van der Waals surface area contributed by atoms with Crippen molar-refractivity contribution in [3.05, 3.63) is 23.8 Å². The molecule has 4 rings (SSSR count). The molecule has 8 heteroatoms. The smallest absolute Gasteiger partial charge is 0.231 e. The first kappa shape index (κ1) is 22.0. The third-order valence-electron chi connectivity index (χ3n) is 5.91. The zero-order chi connectivity index (χ0) is 19.6. The second kappa shape index (κ2) is 9.40. The van der Waals surface area contributed by atoms with Gasteiger partial charge in [0.15, 0.2) is 17.5 Å². The Bertz CT molecular complexity index is 766. The fraction of sp³-hybridized carbons (Fsp3) is 0.619. The maximum Gasteiger partial charge on any atom is 0.231 e. The number of hydrogen-bond acceptors (Lipinski definition) is 4. The van der Waals surface area contributed by atoms with Gasteiger partial charge in [0.05, 0.1) is 6.54 Å². The SMILES string of the molecule is CCNC(=NCC1(c2ccc3c(c2)OCO3)CC1)NC1CCN(C(=O)CC)C1.I. The average molecular weight is 514 g/mol. The van der Waals surface area contributed by atoms with Gasteiger partial charge in [-0.15, -0.1) is 24.0 Å². The number of nitrogens with zero attached hydrogens (tertiary/aromatic N) is 2. The van der Waals surface area contributed by atoms with Gasteiger partial charge < -0.3 is 25.0 Å². The summed E-state index contributed by atoms with van der Waals surface area (Å²) in [6.45, 7) is 7.43. The van der Waals surface area contributed by atoms with Crippen molar-refractivity contribution in [3.63, 3.8) is 0 Å². The van der Waals surface area contributed by atoms with E-state index in [1.807, 2.05) is 17.9 Å². The molecule has 1 saturated heterocycles. The number of ether oxygens (including phenoxy) is 2. The minimum Gasteiger partial charge on any atom is -0.454 e. The van der Waals surface area contributed by atoms with Gasteiger partial charge in [-0.05, 0) is 43.9 Å². The number of benzene rings is 1. The number of fused-ring (bicyclic) bond motifs is 1. The van der Waals surface area contributed by atoms with Crippen LogP contribution in [0.3, 0.4) is 0 Å². The van der Waals surface area contributed by atoms with E-state index in [1.165, 1.54) is 5.56 Å². The Morgan fingerprint density at radius 2 is 2.07 bits per heavy atom. The van der Waals surface area contributed by atoms with Gasteiger partial charge in [-0.2, -0.15) is 0 Å². The van der Waals surface area contributed by atoms with Crippen LogP contribution in [0.15, 0.2) is 23.2 Å². The summed E-state index contributed by atoms with van der Waals surface area (Å²) in [5.41, 5.74) is 1.38. The summed E-state index contributed by atoms with van der Waals surface area (Å²) in [6.07, 6.45) is 3.80. The molecule has 7 nitrogen and oxygen atoms in total. The number of halogens is 1. The number of rotatable bonds is 6. The molecule has 2 aliphatic heterocycles. The molecule has 1 aromatic carbocycles. The first-order valence-electron chi connectivity index (χ1n) is 10.4. The van der Waals surface area contributed by atoms with Gasteiger partial charge in [0, 0.05) is 37.5 Å². The highest BCUT2D eigenvalue weighted by atomic mass is 127. The monoisotopic (exact) mass is 514 g/mol. The van der Waals surface area contributed by atoms with Crippen LogP contribution in [0.4, 0.5) is 0 Å². The topological polar surface area (TPSA) is 75.2 Å². The van der Waals surface area contributed by atoms with Crippen molar-refractivity contribution in [1.29, 1.82) is 0 Å². The zero-order valence-corrected chi connectivity index (χ0v) is 19.5. The minimum atomic E-state index is 0. The highest BCUT2D eigenvalue weighted by Crippen LogP contribution is 2.50. The first-order valence-corrected chi connectivity index (χ1v) is 10.4. The van der Waals surface area contributed by atoms with Crippen LogP contribution in [-0.4, -0.2) is 55.8 Å². The van der Waals surface area contributed by atoms with Crippen LogP contribution in [0.1, 0.15) is 45.1 Å².